The van der Waals surface area contributed by atoms with Gasteiger partial charge in [-0.05, 0) is 48.4 Å². The van der Waals surface area contributed by atoms with Crippen LogP contribution in [-0.4, -0.2) is 35.4 Å². The van der Waals surface area contributed by atoms with Crippen molar-refractivity contribution in [2.45, 2.75) is 25.9 Å². The zero-order valence-corrected chi connectivity index (χ0v) is 18.5. The Morgan fingerprint density at radius 3 is 2.58 bits per heavy atom. The second-order valence-corrected chi connectivity index (χ2v) is 7.66. The molecule has 33 heavy (non-hydrogen) atoms. The summed E-state index contributed by atoms with van der Waals surface area (Å²) in [6, 6.07) is 16.6. The van der Waals surface area contributed by atoms with E-state index in [1.54, 1.807) is 67.8 Å². The molecule has 0 bridgehead atoms. The van der Waals surface area contributed by atoms with Crippen molar-refractivity contribution in [1.82, 2.24) is 4.90 Å². The maximum absolute atomic E-state index is 13.2. The SMILES string of the molecule is CCCOc1cccc(/C(O)=C2/C(=O)C(=O)N(Cc3ccco3)C2c2cccc(OC)c2)c1. The molecule has 1 saturated heterocycles. The molecule has 170 valence electrons. The van der Waals surface area contributed by atoms with Crippen LogP contribution in [0.25, 0.3) is 5.76 Å². The van der Waals surface area contributed by atoms with E-state index in [4.69, 9.17) is 13.9 Å². The van der Waals surface area contributed by atoms with E-state index < -0.39 is 17.7 Å². The molecule has 1 aromatic heterocycles. The van der Waals surface area contributed by atoms with Crippen LogP contribution >= 0.6 is 0 Å². The van der Waals surface area contributed by atoms with Crippen LogP contribution in [-0.2, 0) is 16.1 Å². The van der Waals surface area contributed by atoms with E-state index in [0.717, 1.165) is 6.42 Å². The van der Waals surface area contributed by atoms with Crippen molar-refractivity contribution < 1.29 is 28.6 Å². The Balaban J connectivity index is 1.83. The molecule has 2 aromatic carbocycles. The first-order valence-corrected chi connectivity index (χ1v) is 10.7. The topological polar surface area (TPSA) is 89.2 Å². The van der Waals surface area contributed by atoms with Gasteiger partial charge >= 0.3 is 0 Å². The molecule has 0 aliphatic carbocycles. The molecule has 1 N–H and O–H groups in total. The molecule has 1 amide bonds. The van der Waals surface area contributed by atoms with Gasteiger partial charge < -0.3 is 23.9 Å². The minimum Gasteiger partial charge on any atom is -0.507 e. The third-order valence-corrected chi connectivity index (χ3v) is 5.44. The molecule has 0 spiro atoms. The number of aliphatic hydroxyl groups is 1. The van der Waals surface area contributed by atoms with Crippen LogP contribution in [0.4, 0.5) is 0 Å². The van der Waals surface area contributed by atoms with Crippen molar-refractivity contribution in [1.29, 1.82) is 0 Å². The average Bonchev–Trinajstić information content (AvgIpc) is 3.45. The smallest absolute Gasteiger partial charge is 0.296 e. The molecule has 1 atom stereocenters. The fraction of sp³-hybridized carbons (Fsp3) is 0.231. The number of hydrogen-bond donors (Lipinski definition) is 1. The van der Waals surface area contributed by atoms with Crippen molar-refractivity contribution >= 4 is 17.4 Å². The summed E-state index contributed by atoms with van der Waals surface area (Å²) in [6.07, 6.45) is 2.35. The Morgan fingerprint density at radius 2 is 1.85 bits per heavy atom. The summed E-state index contributed by atoms with van der Waals surface area (Å²) >= 11 is 0. The lowest BCUT2D eigenvalue weighted by molar-refractivity contribution is -0.140. The predicted octanol–water partition coefficient (Wildman–Crippen LogP) is 4.70. The van der Waals surface area contributed by atoms with E-state index in [2.05, 4.69) is 0 Å². The lowest BCUT2D eigenvalue weighted by atomic mass is 9.95. The standard InChI is InChI=1S/C26H25NO6/c1-3-12-32-20-10-5-8-18(15-20)24(28)22-23(17-7-4-9-19(14-17)31-2)27(26(30)25(22)29)16-21-11-6-13-33-21/h4-11,13-15,23,28H,3,12,16H2,1-2H3/b24-22-. The van der Waals surface area contributed by atoms with Gasteiger partial charge in [0.1, 0.15) is 23.0 Å². The fourth-order valence-corrected chi connectivity index (χ4v) is 3.88. The number of likely N-dealkylation sites (tertiary alicyclic amines) is 1. The van der Waals surface area contributed by atoms with Gasteiger partial charge in [0.05, 0.1) is 38.1 Å². The molecule has 1 fully saturated rings. The number of methoxy groups -OCH3 is 1. The van der Waals surface area contributed by atoms with Gasteiger partial charge in [-0.2, -0.15) is 0 Å². The molecule has 4 rings (SSSR count). The summed E-state index contributed by atoms with van der Waals surface area (Å²) in [5, 5.41) is 11.2. The number of rotatable bonds is 8. The summed E-state index contributed by atoms with van der Waals surface area (Å²) in [5.41, 5.74) is 1.04. The van der Waals surface area contributed by atoms with Crippen LogP contribution in [0, 0.1) is 0 Å². The van der Waals surface area contributed by atoms with Crippen LogP contribution in [0.3, 0.4) is 0 Å². The fourth-order valence-electron chi connectivity index (χ4n) is 3.88. The highest BCUT2D eigenvalue weighted by molar-refractivity contribution is 6.46. The highest BCUT2D eigenvalue weighted by Crippen LogP contribution is 2.41. The Kier molecular flexibility index (Phi) is 6.49. The molecule has 2 heterocycles. The molecule has 1 aliphatic heterocycles. The number of amides is 1. The number of Topliss-reactive ketones (excluding diaryl/α,β-unsaturated/α-hetero) is 1. The summed E-state index contributed by atoms with van der Waals surface area (Å²) in [6.45, 7) is 2.61. The first kappa shape index (κ1) is 22.2. The van der Waals surface area contributed by atoms with E-state index in [9.17, 15) is 14.7 Å². The van der Waals surface area contributed by atoms with Crippen LogP contribution in [0.1, 0.15) is 36.3 Å². The monoisotopic (exact) mass is 447 g/mol. The average molecular weight is 447 g/mol. The van der Waals surface area contributed by atoms with Gasteiger partial charge in [0.15, 0.2) is 0 Å². The Hall–Kier alpha value is -4.00. The highest BCUT2D eigenvalue weighted by Gasteiger charge is 2.46. The molecule has 0 saturated carbocycles. The van der Waals surface area contributed by atoms with Gasteiger partial charge in [-0.15, -0.1) is 0 Å². The number of benzene rings is 2. The van der Waals surface area contributed by atoms with Crippen molar-refractivity contribution in [3.63, 3.8) is 0 Å². The second-order valence-electron chi connectivity index (χ2n) is 7.66. The maximum Gasteiger partial charge on any atom is 0.296 e. The molecule has 7 nitrogen and oxygen atoms in total. The summed E-state index contributed by atoms with van der Waals surface area (Å²) in [5.74, 6) is -0.0505. The second kappa shape index (κ2) is 9.65. The third-order valence-electron chi connectivity index (χ3n) is 5.44. The lowest BCUT2D eigenvalue weighted by Gasteiger charge is -2.24. The number of hydrogen-bond acceptors (Lipinski definition) is 6. The van der Waals surface area contributed by atoms with Gasteiger partial charge in [-0.3, -0.25) is 9.59 Å². The van der Waals surface area contributed by atoms with E-state index in [0.29, 0.717) is 35.0 Å². The van der Waals surface area contributed by atoms with E-state index in [1.165, 1.54) is 11.2 Å². The van der Waals surface area contributed by atoms with Gasteiger partial charge in [0.25, 0.3) is 11.7 Å². The minimum atomic E-state index is -0.814. The van der Waals surface area contributed by atoms with Gasteiger partial charge in [0.2, 0.25) is 0 Å². The van der Waals surface area contributed by atoms with E-state index in [1.807, 2.05) is 6.92 Å². The Bertz CT molecular complexity index is 1180. The van der Waals surface area contributed by atoms with Crippen LogP contribution in [0.5, 0.6) is 11.5 Å². The van der Waals surface area contributed by atoms with Crippen LogP contribution < -0.4 is 9.47 Å². The molecule has 3 aromatic rings. The van der Waals surface area contributed by atoms with E-state index in [-0.39, 0.29) is 17.9 Å². The largest absolute Gasteiger partial charge is 0.507 e. The molecular formula is C26H25NO6. The van der Waals surface area contributed by atoms with Crippen molar-refractivity contribution in [3.05, 3.63) is 89.4 Å². The van der Waals surface area contributed by atoms with Gasteiger partial charge in [-0.25, -0.2) is 0 Å². The molecular weight excluding hydrogens is 422 g/mol. The summed E-state index contributed by atoms with van der Waals surface area (Å²) in [4.78, 5) is 27.6. The number of nitrogens with zero attached hydrogens (tertiary/aromatic N) is 1. The molecule has 1 aliphatic rings. The minimum absolute atomic E-state index is 0.00690. The van der Waals surface area contributed by atoms with Gasteiger partial charge in [-0.1, -0.05) is 31.2 Å². The number of carbonyl (C=O) groups is 2. The van der Waals surface area contributed by atoms with Crippen molar-refractivity contribution in [3.8, 4) is 11.5 Å². The van der Waals surface area contributed by atoms with E-state index >= 15 is 0 Å². The first-order chi connectivity index (χ1) is 16.0. The lowest BCUT2D eigenvalue weighted by Crippen LogP contribution is -2.29. The Labute approximate surface area is 191 Å². The molecule has 0 radical (unpaired) electrons. The van der Waals surface area contributed by atoms with Crippen LogP contribution in [0.2, 0.25) is 0 Å². The molecule has 1 unspecified atom stereocenters. The zero-order chi connectivity index (χ0) is 23.4. The van der Waals surface area contributed by atoms with Crippen molar-refractivity contribution in [2.75, 3.05) is 13.7 Å². The van der Waals surface area contributed by atoms with Crippen molar-refractivity contribution in [2.24, 2.45) is 0 Å². The number of ether oxygens (including phenoxy) is 2. The van der Waals surface area contributed by atoms with Crippen LogP contribution in [0.15, 0.2) is 76.9 Å². The number of ketones is 1. The number of carbonyl (C=O) groups excluding carboxylic acids is 2. The Morgan fingerprint density at radius 1 is 1.06 bits per heavy atom. The first-order valence-electron chi connectivity index (χ1n) is 10.7. The normalized spacial score (nSPS) is 17.4. The third kappa shape index (κ3) is 4.48. The number of furan rings is 1. The quantitative estimate of drug-likeness (QED) is 0.306. The summed E-state index contributed by atoms with van der Waals surface area (Å²) in [7, 11) is 1.54. The number of aliphatic hydroxyl groups excluding tert-OH is 1. The van der Waals surface area contributed by atoms with Gasteiger partial charge in [0, 0.05) is 5.56 Å². The molecule has 7 heteroatoms. The zero-order valence-electron chi connectivity index (χ0n) is 18.5. The predicted molar refractivity (Wildman–Crippen MR) is 122 cm³/mol. The summed E-state index contributed by atoms with van der Waals surface area (Å²) < 4.78 is 16.4. The maximum atomic E-state index is 13.2. The highest BCUT2D eigenvalue weighted by atomic mass is 16.5.